The van der Waals surface area contributed by atoms with Crippen LogP contribution in [0.15, 0.2) is 88.9 Å². The van der Waals surface area contributed by atoms with Gasteiger partial charge in [-0.25, -0.2) is 13.4 Å². The van der Waals surface area contributed by atoms with Crippen LogP contribution < -0.4 is 24.8 Å². The smallest absolute Gasteiger partial charge is 0.280 e. The Morgan fingerprint density at radius 2 is 1.67 bits per heavy atom. The van der Waals surface area contributed by atoms with E-state index in [-0.39, 0.29) is 44.0 Å². The third-order valence-corrected chi connectivity index (χ3v) is 7.81. The van der Waals surface area contributed by atoms with Crippen LogP contribution in [0.2, 0.25) is 0 Å². The first-order chi connectivity index (χ1) is 20.1. The molecule has 3 N–H and O–H groups in total. The molecule has 2 amide bonds. The van der Waals surface area contributed by atoms with E-state index in [1.807, 2.05) is 0 Å². The molecule has 1 aromatic heterocycles. The highest BCUT2D eigenvalue weighted by molar-refractivity contribution is 7.93. The number of hydrogen-bond acceptors (Lipinski definition) is 10. The number of ether oxygens (including phenoxy) is 2. The van der Waals surface area contributed by atoms with Crippen molar-refractivity contribution in [3.8, 4) is 11.5 Å². The second kappa shape index (κ2) is 12.9. The van der Waals surface area contributed by atoms with Gasteiger partial charge in [0.2, 0.25) is 0 Å². The lowest BCUT2D eigenvalue weighted by molar-refractivity contribution is -0.385. The number of rotatable bonds is 11. The molecule has 0 saturated carbocycles. The number of hydrogen-bond donors (Lipinski definition) is 3. The monoisotopic (exact) mass is 609 g/mol. The number of nitro groups is 1. The minimum atomic E-state index is -3.93. The van der Waals surface area contributed by atoms with E-state index >= 15 is 0 Å². The van der Waals surface area contributed by atoms with Crippen molar-refractivity contribution in [1.29, 1.82) is 0 Å². The van der Waals surface area contributed by atoms with E-state index in [2.05, 4.69) is 20.3 Å². The van der Waals surface area contributed by atoms with Crippen LogP contribution in [0, 0.1) is 10.1 Å². The average Bonchev–Trinajstić information content (AvgIpc) is 3.49. The molecule has 216 valence electrons. The second-order valence-corrected chi connectivity index (χ2v) is 10.9. The molecule has 0 fully saturated rings. The molecule has 13 nitrogen and oxygen atoms in total. The first-order valence-electron chi connectivity index (χ1n) is 11.9. The maximum Gasteiger partial charge on any atom is 0.280 e. The number of aromatic nitrogens is 1. The fourth-order valence-corrected chi connectivity index (χ4v) is 5.41. The Morgan fingerprint density at radius 1 is 1.00 bits per heavy atom. The van der Waals surface area contributed by atoms with Gasteiger partial charge in [-0.15, -0.1) is 11.3 Å². The number of anilines is 2. The van der Waals surface area contributed by atoms with Crippen LogP contribution in [0.3, 0.4) is 0 Å². The molecule has 0 atom stereocenters. The zero-order valence-electron chi connectivity index (χ0n) is 22.1. The number of benzene rings is 3. The average molecular weight is 610 g/mol. The van der Waals surface area contributed by atoms with Gasteiger partial charge in [-0.05, 0) is 48.5 Å². The lowest BCUT2D eigenvalue weighted by Gasteiger charge is -2.13. The van der Waals surface area contributed by atoms with Gasteiger partial charge in [0.25, 0.3) is 27.5 Å². The van der Waals surface area contributed by atoms with Gasteiger partial charge in [0.05, 0.1) is 35.7 Å². The number of thiazole rings is 1. The Kier molecular flexibility index (Phi) is 9.14. The van der Waals surface area contributed by atoms with Crippen molar-refractivity contribution in [2.75, 3.05) is 24.3 Å². The predicted molar refractivity (Wildman–Crippen MR) is 156 cm³/mol. The summed E-state index contributed by atoms with van der Waals surface area (Å²) in [6.45, 7) is 0. The Labute approximate surface area is 244 Å². The maximum absolute atomic E-state index is 13.4. The summed E-state index contributed by atoms with van der Waals surface area (Å²) in [5.41, 5.74) is -0.364. The molecule has 1 heterocycles. The van der Waals surface area contributed by atoms with Crippen LogP contribution in [0.1, 0.15) is 15.9 Å². The van der Waals surface area contributed by atoms with Gasteiger partial charge in [-0.3, -0.25) is 24.4 Å². The van der Waals surface area contributed by atoms with Crippen LogP contribution in [0.25, 0.3) is 6.08 Å². The van der Waals surface area contributed by atoms with Gasteiger partial charge in [0.15, 0.2) is 16.6 Å². The normalized spacial score (nSPS) is 11.3. The molecular formula is C27H23N5O8S2. The molecule has 0 radical (unpaired) electrons. The standard InChI is InChI=1S/C27H23N5O8S2/c1-39-23-15-18(22(32(35)36)16-24(23)40-2)14-21(30-25(33)17-6-4-3-5-7-17)26(34)29-19-8-10-20(11-9-19)42(37,38)31-27-28-12-13-41-27/h3-16H,1-2H3,(H,28,31)(H,29,34)(H,30,33). The van der Waals surface area contributed by atoms with Crippen molar-refractivity contribution in [3.63, 3.8) is 0 Å². The Morgan fingerprint density at radius 3 is 2.26 bits per heavy atom. The molecular weight excluding hydrogens is 586 g/mol. The van der Waals surface area contributed by atoms with Crippen molar-refractivity contribution in [2.24, 2.45) is 0 Å². The van der Waals surface area contributed by atoms with Gasteiger partial charge in [0.1, 0.15) is 5.70 Å². The zero-order chi connectivity index (χ0) is 30.3. The number of nitrogens with zero attached hydrogens (tertiary/aromatic N) is 2. The van der Waals surface area contributed by atoms with Crippen molar-refractivity contribution < 1.29 is 32.4 Å². The van der Waals surface area contributed by atoms with Gasteiger partial charge < -0.3 is 20.1 Å². The summed E-state index contributed by atoms with van der Waals surface area (Å²) in [6, 6.07) is 15.7. The first-order valence-corrected chi connectivity index (χ1v) is 14.3. The van der Waals surface area contributed by atoms with Gasteiger partial charge >= 0.3 is 0 Å². The molecule has 4 rings (SSSR count). The summed E-state index contributed by atoms with van der Waals surface area (Å²) in [4.78, 5) is 41.3. The van der Waals surface area contributed by atoms with Crippen LogP contribution in [-0.2, 0) is 14.8 Å². The number of methoxy groups -OCH3 is 2. The van der Waals surface area contributed by atoms with Crippen molar-refractivity contribution >= 4 is 55.8 Å². The SMILES string of the molecule is COc1cc(C=C(NC(=O)c2ccccc2)C(=O)Nc2ccc(S(=O)(=O)Nc3nccs3)cc2)c([N+](=O)[O-])cc1OC. The summed E-state index contributed by atoms with van der Waals surface area (Å²) in [5, 5.41) is 18.7. The number of nitrogens with one attached hydrogen (secondary N) is 3. The number of sulfonamides is 1. The van der Waals surface area contributed by atoms with E-state index in [1.165, 1.54) is 62.9 Å². The summed E-state index contributed by atoms with van der Waals surface area (Å²) in [6.07, 6.45) is 2.59. The van der Waals surface area contributed by atoms with Gasteiger partial charge in [-0.2, -0.15) is 0 Å². The van der Waals surface area contributed by atoms with E-state index in [0.29, 0.717) is 0 Å². The topological polar surface area (TPSA) is 179 Å². The van der Waals surface area contributed by atoms with Crippen LogP contribution >= 0.6 is 11.3 Å². The predicted octanol–water partition coefficient (Wildman–Crippen LogP) is 4.28. The molecule has 0 bridgehead atoms. The maximum atomic E-state index is 13.4. The molecule has 0 spiro atoms. The lowest BCUT2D eigenvalue weighted by atomic mass is 10.1. The van der Waals surface area contributed by atoms with Gasteiger partial charge in [0, 0.05) is 22.8 Å². The molecule has 0 saturated heterocycles. The number of nitro benzene ring substituents is 1. The molecule has 15 heteroatoms. The molecule has 4 aromatic rings. The van der Waals surface area contributed by atoms with Crippen molar-refractivity contribution in [3.05, 3.63) is 105 Å². The molecule has 0 aliphatic carbocycles. The molecule has 42 heavy (non-hydrogen) atoms. The molecule has 3 aromatic carbocycles. The fraction of sp³-hybridized carbons (Fsp3) is 0.0741. The summed E-state index contributed by atoms with van der Waals surface area (Å²) < 4.78 is 38.0. The highest BCUT2D eigenvalue weighted by atomic mass is 32.2. The van der Waals surface area contributed by atoms with E-state index in [9.17, 15) is 28.1 Å². The Balaban J connectivity index is 1.67. The third kappa shape index (κ3) is 7.07. The largest absolute Gasteiger partial charge is 0.493 e. The van der Waals surface area contributed by atoms with Gasteiger partial charge in [-0.1, -0.05) is 18.2 Å². The van der Waals surface area contributed by atoms with Crippen LogP contribution in [0.4, 0.5) is 16.5 Å². The zero-order valence-corrected chi connectivity index (χ0v) is 23.7. The van der Waals surface area contributed by atoms with Crippen molar-refractivity contribution in [1.82, 2.24) is 10.3 Å². The first kappa shape index (κ1) is 29.7. The fourth-order valence-electron chi connectivity index (χ4n) is 3.62. The van der Waals surface area contributed by atoms with E-state index < -0.39 is 32.4 Å². The number of carbonyl (C=O) groups is 2. The molecule has 0 aliphatic heterocycles. The summed E-state index contributed by atoms with van der Waals surface area (Å²) >= 11 is 1.11. The second-order valence-electron chi connectivity index (χ2n) is 8.32. The third-order valence-electron chi connectivity index (χ3n) is 5.63. The lowest BCUT2D eigenvalue weighted by Crippen LogP contribution is -2.30. The minimum Gasteiger partial charge on any atom is -0.493 e. The van der Waals surface area contributed by atoms with Crippen LogP contribution in [0.5, 0.6) is 11.5 Å². The number of carbonyl (C=O) groups excluding carboxylic acids is 2. The molecule has 0 unspecified atom stereocenters. The van der Waals surface area contributed by atoms with E-state index in [4.69, 9.17) is 9.47 Å². The minimum absolute atomic E-state index is 0.0501. The Bertz CT molecular complexity index is 1740. The summed E-state index contributed by atoms with van der Waals surface area (Å²) in [7, 11) is -1.26. The quantitative estimate of drug-likeness (QED) is 0.127. The van der Waals surface area contributed by atoms with E-state index in [0.717, 1.165) is 23.5 Å². The van der Waals surface area contributed by atoms with Crippen LogP contribution in [-0.4, -0.2) is 44.4 Å². The summed E-state index contributed by atoms with van der Waals surface area (Å²) in [5.74, 6) is -1.22. The highest BCUT2D eigenvalue weighted by Crippen LogP contribution is 2.35. The van der Waals surface area contributed by atoms with E-state index in [1.54, 1.807) is 23.6 Å². The highest BCUT2D eigenvalue weighted by Gasteiger charge is 2.22. The Hall–Kier alpha value is -5.28. The van der Waals surface area contributed by atoms with Crippen molar-refractivity contribution in [2.45, 2.75) is 4.90 Å². The molecule has 0 aliphatic rings. The number of amides is 2.